The van der Waals surface area contributed by atoms with Crippen molar-refractivity contribution in [2.24, 2.45) is 0 Å². The van der Waals surface area contributed by atoms with E-state index in [2.05, 4.69) is 10.4 Å². The molecule has 0 atom stereocenters. The minimum atomic E-state index is -0.503. The molecule has 0 bridgehead atoms. The van der Waals surface area contributed by atoms with Crippen LogP contribution in [0.15, 0.2) is 35.3 Å². The first-order valence-electron chi connectivity index (χ1n) is 5.85. The average Bonchev–Trinajstić information content (AvgIpc) is 2.37. The Hall–Kier alpha value is -1.88. The van der Waals surface area contributed by atoms with Gasteiger partial charge in [0, 0.05) is 12.6 Å². The number of hydrogen-bond acceptors (Lipinski definition) is 3. The summed E-state index contributed by atoms with van der Waals surface area (Å²) in [6.45, 7) is 2.86. The molecule has 0 aliphatic rings. The van der Waals surface area contributed by atoms with Crippen molar-refractivity contribution in [3.63, 3.8) is 0 Å². The largest absolute Gasteiger partial charge is 0.384 e. The van der Waals surface area contributed by atoms with Crippen molar-refractivity contribution >= 4 is 17.3 Å². The molecule has 19 heavy (non-hydrogen) atoms. The Labute approximate surface area is 114 Å². The van der Waals surface area contributed by atoms with Crippen LogP contribution in [-0.2, 0) is 6.54 Å². The third-order valence-electron chi connectivity index (χ3n) is 2.57. The summed E-state index contributed by atoms with van der Waals surface area (Å²) in [7, 11) is 0. The van der Waals surface area contributed by atoms with Gasteiger partial charge in [-0.05, 0) is 24.6 Å². The SMILES string of the molecule is CCNc1cnn(Cc2ccc(Cl)c(F)c2)c(=O)c1. The van der Waals surface area contributed by atoms with Crippen LogP contribution in [0.3, 0.4) is 0 Å². The number of nitrogens with zero attached hydrogens (tertiary/aromatic N) is 2. The van der Waals surface area contributed by atoms with Crippen LogP contribution in [0, 0.1) is 5.82 Å². The maximum absolute atomic E-state index is 13.3. The van der Waals surface area contributed by atoms with Gasteiger partial charge in [0.1, 0.15) is 5.82 Å². The van der Waals surface area contributed by atoms with Crippen LogP contribution >= 0.6 is 11.6 Å². The number of halogens is 2. The lowest BCUT2D eigenvalue weighted by Crippen LogP contribution is -2.23. The van der Waals surface area contributed by atoms with Crippen molar-refractivity contribution in [2.45, 2.75) is 13.5 Å². The molecule has 6 heteroatoms. The van der Waals surface area contributed by atoms with Crippen LogP contribution in [0.1, 0.15) is 12.5 Å². The summed E-state index contributed by atoms with van der Waals surface area (Å²) in [5, 5.41) is 7.09. The monoisotopic (exact) mass is 281 g/mol. The number of benzene rings is 1. The highest BCUT2D eigenvalue weighted by Gasteiger charge is 2.04. The van der Waals surface area contributed by atoms with E-state index in [0.717, 1.165) is 0 Å². The third-order valence-corrected chi connectivity index (χ3v) is 2.87. The highest BCUT2D eigenvalue weighted by molar-refractivity contribution is 6.30. The molecule has 4 nitrogen and oxygen atoms in total. The summed E-state index contributed by atoms with van der Waals surface area (Å²) in [6, 6.07) is 5.89. The van der Waals surface area contributed by atoms with Gasteiger partial charge in [-0.3, -0.25) is 4.79 Å². The van der Waals surface area contributed by atoms with E-state index < -0.39 is 5.82 Å². The van der Waals surface area contributed by atoms with E-state index in [0.29, 0.717) is 17.8 Å². The second-order valence-electron chi connectivity index (χ2n) is 4.02. The summed E-state index contributed by atoms with van der Waals surface area (Å²) >= 11 is 5.60. The molecule has 0 fully saturated rings. The number of anilines is 1. The van der Waals surface area contributed by atoms with Gasteiger partial charge in [0.15, 0.2) is 0 Å². The Morgan fingerprint density at radius 1 is 1.42 bits per heavy atom. The molecule has 0 unspecified atom stereocenters. The molecule has 0 aliphatic carbocycles. The van der Waals surface area contributed by atoms with Gasteiger partial charge in [-0.15, -0.1) is 0 Å². The molecule has 1 aromatic carbocycles. The zero-order chi connectivity index (χ0) is 13.8. The zero-order valence-corrected chi connectivity index (χ0v) is 11.1. The maximum Gasteiger partial charge on any atom is 0.269 e. The van der Waals surface area contributed by atoms with Gasteiger partial charge in [-0.1, -0.05) is 17.7 Å². The van der Waals surface area contributed by atoms with E-state index in [1.165, 1.54) is 22.9 Å². The van der Waals surface area contributed by atoms with E-state index in [1.54, 1.807) is 12.3 Å². The van der Waals surface area contributed by atoms with Crippen molar-refractivity contribution in [1.82, 2.24) is 9.78 Å². The van der Waals surface area contributed by atoms with Crippen LogP contribution in [0.2, 0.25) is 5.02 Å². The van der Waals surface area contributed by atoms with E-state index in [-0.39, 0.29) is 17.1 Å². The van der Waals surface area contributed by atoms with Crippen LogP contribution in [0.4, 0.5) is 10.1 Å². The lowest BCUT2D eigenvalue weighted by molar-refractivity contribution is 0.611. The van der Waals surface area contributed by atoms with Crippen molar-refractivity contribution in [3.05, 3.63) is 57.2 Å². The number of hydrogen-bond donors (Lipinski definition) is 1. The molecule has 0 amide bonds. The molecule has 2 rings (SSSR count). The molecule has 1 aromatic heterocycles. The smallest absolute Gasteiger partial charge is 0.269 e. The Balaban J connectivity index is 2.23. The van der Waals surface area contributed by atoms with Gasteiger partial charge >= 0.3 is 0 Å². The summed E-state index contributed by atoms with van der Waals surface area (Å²) < 4.78 is 14.6. The molecular weight excluding hydrogens is 269 g/mol. The van der Waals surface area contributed by atoms with Gasteiger partial charge in [0.25, 0.3) is 5.56 Å². The highest BCUT2D eigenvalue weighted by Crippen LogP contribution is 2.15. The molecule has 0 spiro atoms. The predicted molar refractivity (Wildman–Crippen MR) is 73.2 cm³/mol. The maximum atomic E-state index is 13.3. The molecule has 0 radical (unpaired) electrons. The lowest BCUT2D eigenvalue weighted by atomic mass is 10.2. The fourth-order valence-corrected chi connectivity index (χ4v) is 1.78. The van der Waals surface area contributed by atoms with Gasteiger partial charge in [-0.2, -0.15) is 5.10 Å². The second kappa shape index (κ2) is 5.84. The first-order valence-corrected chi connectivity index (χ1v) is 6.23. The van der Waals surface area contributed by atoms with E-state index in [4.69, 9.17) is 11.6 Å². The van der Waals surface area contributed by atoms with Crippen molar-refractivity contribution in [1.29, 1.82) is 0 Å². The first-order chi connectivity index (χ1) is 9.10. The summed E-state index contributed by atoms with van der Waals surface area (Å²) in [5.41, 5.74) is 1.06. The topological polar surface area (TPSA) is 46.9 Å². The van der Waals surface area contributed by atoms with Crippen molar-refractivity contribution < 1.29 is 4.39 Å². The van der Waals surface area contributed by atoms with Crippen LogP contribution in [0.5, 0.6) is 0 Å². The molecule has 2 aromatic rings. The molecular formula is C13H13ClFN3O. The fraction of sp³-hybridized carbons (Fsp3) is 0.231. The Bertz CT molecular complexity index is 642. The summed E-state index contributed by atoms with van der Waals surface area (Å²) in [4.78, 5) is 11.8. The van der Waals surface area contributed by atoms with Gasteiger partial charge in [0.05, 0.1) is 23.5 Å². The molecule has 1 heterocycles. The number of nitrogens with one attached hydrogen (secondary N) is 1. The van der Waals surface area contributed by atoms with Crippen LogP contribution in [-0.4, -0.2) is 16.3 Å². The van der Waals surface area contributed by atoms with Crippen molar-refractivity contribution in [2.75, 3.05) is 11.9 Å². The minimum absolute atomic E-state index is 0.0616. The second-order valence-corrected chi connectivity index (χ2v) is 4.43. The number of aromatic nitrogens is 2. The molecule has 0 aliphatic heterocycles. The van der Waals surface area contributed by atoms with Gasteiger partial charge in [0.2, 0.25) is 0 Å². The first kappa shape index (κ1) is 13.5. The Morgan fingerprint density at radius 2 is 2.21 bits per heavy atom. The minimum Gasteiger partial charge on any atom is -0.384 e. The highest BCUT2D eigenvalue weighted by atomic mass is 35.5. The summed E-state index contributed by atoms with van der Waals surface area (Å²) in [5.74, 6) is -0.503. The lowest BCUT2D eigenvalue weighted by Gasteiger charge is -2.07. The van der Waals surface area contributed by atoms with E-state index in [1.807, 2.05) is 6.92 Å². The zero-order valence-electron chi connectivity index (χ0n) is 10.4. The van der Waals surface area contributed by atoms with Crippen molar-refractivity contribution in [3.8, 4) is 0 Å². The predicted octanol–water partition coefficient (Wildman–Crippen LogP) is 2.52. The normalized spacial score (nSPS) is 10.5. The standard InChI is InChI=1S/C13H13ClFN3O/c1-2-16-10-6-13(19)18(17-7-10)8-9-3-4-11(14)12(15)5-9/h3-7,16H,2,8H2,1H3. The molecule has 0 saturated heterocycles. The van der Waals surface area contributed by atoms with E-state index >= 15 is 0 Å². The Kier molecular flexibility index (Phi) is 4.16. The fourth-order valence-electron chi connectivity index (χ4n) is 1.66. The third kappa shape index (κ3) is 3.32. The average molecular weight is 282 g/mol. The Morgan fingerprint density at radius 3 is 2.84 bits per heavy atom. The van der Waals surface area contributed by atoms with E-state index in [9.17, 15) is 9.18 Å². The van der Waals surface area contributed by atoms with Crippen LogP contribution < -0.4 is 10.9 Å². The van der Waals surface area contributed by atoms with Gasteiger partial charge in [-0.25, -0.2) is 9.07 Å². The molecule has 1 N–H and O–H groups in total. The quantitative estimate of drug-likeness (QED) is 0.937. The number of rotatable bonds is 4. The summed E-state index contributed by atoms with van der Waals surface area (Å²) in [6.07, 6.45) is 1.57. The van der Waals surface area contributed by atoms with Gasteiger partial charge < -0.3 is 5.32 Å². The molecule has 100 valence electrons. The van der Waals surface area contributed by atoms with Crippen LogP contribution in [0.25, 0.3) is 0 Å². The molecule has 0 saturated carbocycles.